The quantitative estimate of drug-likeness (QED) is 0.484. The van der Waals surface area contributed by atoms with E-state index in [1.54, 1.807) is 47.4 Å². The van der Waals surface area contributed by atoms with Gasteiger partial charge in [-0.2, -0.15) is 0 Å². The molecule has 176 valence electrons. The molecule has 0 atom stereocenters. The lowest BCUT2D eigenvalue weighted by molar-refractivity contribution is -0.133. The van der Waals surface area contributed by atoms with Crippen molar-refractivity contribution in [2.75, 3.05) is 13.1 Å². The Morgan fingerprint density at radius 1 is 1.06 bits per heavy atom. The minimum absolute atomic E-state index is 0.111. The van der Waals surface area contributed by atoms with Crippen molar-refractivity contribution >= 4 is 58.4 Å². The van der Waals surface area contributed by atoms with E-state index in [-0.39, 0.29) is 23.8 Å². The summed E-state index contributed by atoms with van der Waals surface area (Å²) in [5.74, 6) is 0.146. The highest BCUT2D eigenvalue weighted by atomic mass is 35.5. The molecule has 0 saturated carbocycles. The fraction of sp³-hybridized carbons (Fsp3) is 0.269. The second-order valence-electron chi connectivity index (χ2n) is 8.44. The predicted octanol–water partition coefficient (Wildman–Crippen LogP) is 3.97. The summed E-state index contributed by atoms with van der Waals surface area (Å²) in [5, 5.41) is 0.933. The summed E-state index contributed by atoms with van der Waals surface area (Å²) >= 11 is 13.3. The van der Waals surface area contributed by atoms with Crippen LogP contribution in [-0.4, -0.2) is 34.2 Å². The Kier molecular flexibility index (Phi) is 7.71. The van der Waals surface area contributed by atoms with Crippen LogP contribution in [0.4, 0.5) is 0 Å². The van der Waals surface area contributed by atoms with Crippen LogP contribution in [0.5, 0.6) is 0 Å². The molecular formula is C26H24Cl2N2O3S. The van der Waals surface area contributed by atoms with Crippen molar-refractivity contribution in [1.29, 1.82) is 0 Å². The van der Waals surface area contributed by atoms with Gasteiger partial charge in [-0.05, 0) is 54.7 Å². The van der Waals surface area contributed by atoms with Crippen molar-refractivity contribution in [1.82, 2.24) is 9.47 Å². The molecule has 0 N–H and O–H groups in total. The van der Waals surface area contributed by atoms with Gasteiger partial charge in [-0.25, -0.2) is 0 Å². The largest absolute Gasteiger partial charge is 0.341 e. The molecule has 1 saturated heterocycles. The van der Waals surface area contributed by atoms with E-state index in [2.05, 4.69) is 6.92 Å². The number of piperidine rings is 1. The maximum Gasteiger partial charge on any atom is 0.269 e. The highest BCUT2D eigenvalue weighted by Crippen LogP contribution is 2.17. The minimum atomic E-state index is -0.321. The number of Topliss-reactive ketones (excluding diaryl/α,β-unsaturated/α-hetero) is 1. The molecule has 1 aliphatic heterocycles. The smallest absolute Gasteiger partial charge is 0.269 e. The monoisotopic (exact) mass is 514 g/mol. The average molecular weight is 515 g/mol. The van der Waals surface area contributed by atoms with Gasteiger partial charge in [0.25, 0.3) is 5.56 Å². The van der Waals surface area contributed by atoms with Crippen LogP contribution in [0.1, 0.15) is 35.7 Å². The van der Waals surface area contributed by atoms with Gasteiger partial charge in [-0.3, -0.25) is 19.0 Å². The number of rotatable bonds is 5. The third kappa shape index (κ3) is 5.69. The Balaban J connectivity index is 1.76. The summed E-state index contributed by atoms with van der Waals surface area (Å²) in [6, 6.07) is 13.9. The fourth-order valence-corrected chi connectivity index (χ4v) is 5.24. The van der Waals surface area contributed by atoms with Crippen molar-refractivity contribution in [2.45, 2.75) is 26.3 Å². The van der Waals surface area contributed by atoms with E-state index in [9.17, 15) is 14.4 Å². The lowest BCUT2D eigenvalue weighted by Crippen LogP contribution is -2.43. The van der Waals surface area contributed by atoms with E-state index in [1.165, 1.54) is 22.0 Å². The molecule has 0 spiro atoms. The van der Waals surface area contributed by atoms with Crippen LogP contribution in [0.25, 0.3) is 12.2 Å². The number of hydrogen-bond donors (Lipinski definition) is 0. The van der Waals surface area contributed by atoms with Crippen molar-refractivity contribution in [3.8, 4) is 0 Å². The Labute approximate surface area is 211 Å². The Bertz CT molecular complexity index is 1380. The van der Waals surface area contributed by atoms with Crippen LogP contribution in [0, 0.1) is 5.92 Å². The molecule has 2 heterocycles. The van der Waals surface area contributed by atoms with E-state index < -0.39 is 0 Å². The molecule has 1 amide bonds. The first-order valence-electron chi connectivity index (χ1n) is 11.1. The Morgan fingerprint density at radius 2 is 1.74 bits per heavy atom. The number of likely N-dealkylation sites (tertiary alicyclic amines) is 1. The lowest BCUT2D eigenvalue weighted by atomic mass is 9.99. The lowest BCUT2D eigenvalue weighted by Gasteiger charge is -2.30. The summed E-state index contributed by atoms with van der Waals surface area (Å²) in [5.41, 5.74) is 0.836. The summed E-state index contributed by atoms with van der Waals surface area (Å²) < 4.78 is 2.23. The zero-order valence-corrected chi connectivity index (χ0v) is 21.0. The zero-order chi connectivity index (χ0) is 24.2. The highest BCUT2D eigenvalue weighted by molar-refractivity contribution is 7.07. The van der Waals surface area contributed by atoms with Gasteiger partial charge in [-0.1, -0.05) is 54.4 Å². The normalized spacial score (nSPS) is 15.7. The van der Waals surface area contributed by atoms with Gasteiger partial charge in [0.1, 0.15) is 11.2 Å². The number of hydrogen-bond acceptors (Lipinski definition) is 4. The summed E-state index contributed by atoms with van der Waals surface area (Å²) in [7, 11) is 0. The summed E-state index contributed by atoms with van der Waals surface area (Å²) in [4.78, 5) is 41.1. The number of ketones is 1. The van der Waals surface area contributed by atoms with Crippen LogP contribution < -0.4 is 14.8 Å². The van der Waals surface area contributed by atoms with Crippen molar-refractivity contribution in [2.24, 2.45) is 5.92 Å². The first-order valence-corrected chi connectivity index (χ1v) is 12.6. The number of halogens is 2. The zero-order valence-electron chi connectivity index (χ0n) is 18.7. The van der Waals surface area contributed by atoms with Crippen molar-refractivity contribution in [3.05, 3.63) is 89.3 Å². The predicted molar refractivity (Wildman–Crippen MR) is 138 cm³/mol. The van der Waals surface area contributed by atoms with Crippen LogP contribution in [0.3, 0.4) is 0 Å². The number of carbonyl (C=O) groups is 2. The molecule has 0 bridgehead atoms. The van der Waals surface area contributed by atoms with Gasteiger partial charge < -0.3 is 4.90 Å². The van der Waals surface area contributed by atoms with Gasteiger partial charge in [0, 0.05) is 29.8 Å². The molecular weight excluding hydrogens is 491 g/mol. The molecule has 1 aliphatic rings. The van der Waals surface area contributed by atoms with E-state index >= 15 is 0 Å². The third-order valence-corrected chi connectivity index (χ3v) is 7.57. The number of carbonyl (C=O) groups excluding carboxylic acids is 2. The molecule has 3 aromatic rings. The van der Waals surface area contributed by atoms with Crippen LogP contribution in [0.15, 0.2) is 53.3 Å². The van der Waals surface area contributed by atoms with Gasteiger partial charge in [-0.15, -0.1) is 11.3 Å². The molecule has 0 unspecified atom stereocenters. The summed E-state index contributed by atoms with van der Waals surface area (Å²) in [6.07, 6.45) is 5.02. The number of thiazole rings is 1. The molecule has 34 heavy (non-hydrogen) atoms. The molecule has 1 aromatic heterocycles. The highest BCUT2D eigenvalue weighted by Gasteiger charge is 2.21. The van der Waals surface area contributed by atoms with Gasteiger partial charge in [0.15, 0.2) is 5.78 Å². The van der Waals surface area contributed by atoms with E-state index in [0.717, 1.165) is 18.4 Å². The van der Waals surface area contributed by atoms with Crippen LogP contribution >= 0.6 is 34.5 Å². The topological polar surface area (TPSA) is 59.4 Å². The molecule has 0 aliphatic carbocycles. The molecule has 1 fully saturated rings. The number of benzene rings is 2. The van der Waals surface area contributed by atoms with Crippen LogP contribution in [-0.2, 0) is 11.3 Å². The fourth-order valence-electron chi connectivity index (χ4n) is 3.85. The molecule has 0 radical (unpaired) electrons. The second-order valence-corrected chi connectivity index (χ2v) is 10.3. The SMILES string of the molecule is CC1CCN(C(=O)Cn2c(=O)/c(=C\c3ccc(Cl)cc3)s/c2=C/C(=O)c2ccccc2Cl)CC1. The first-order chi connectivity index (χ1) is 16.3. The number of amides is 1. The standard InChI is InChI=1S/C26H24Cl2N2O3S/c1-17-10-12-29(13-11-17)24(32)16-30-25(15-22(31)20-4-2-3-5-21(20)28)34-23(26(30)33)14-18-6-8-19(27)9-7-18/h2-9,14-15,17H,10-13,16H2,1H3/b23-14+,25-15+. The minimum Gasteiger partial charge on any atom is -0.341 e. The van der Waals surface area contributed by atoms with Gasteiger partial charge in [0.05, 0.1) is 9.55 Å². The van der Waals surface area contributed by atoms with E-state index in [1.807, 2.05) is 12.1 Å². The van der Waals surface area contributed by atoms with E-state index in [0.29, 0.717) is 43.8 Å². The molecule has 2 aromatic carbocycles. The van der Waals surface area contributed by atoms with Crippen LogP contribution in [0.2, 0.25) is 10.0 Å². The van der Waals surface area contributed by atoms with Gasteiger partial charge >= 0.3 is 0 Å². The molecule has 5 nitrogen and oxygen atoms in total. The maximum absolute atomic E-state index is 13.3. The van der Waals surface area contributed by atoms with Crippen molar-refractivity contribution < 1.29 is 9.59 Å². The number of nitrogens with zero attached hydrogens (tertiary/aromatic N) is 2. The molecule has 4 rings (SSSR count). The van der Waals surface area contributed by atoms with E-state index in [4.69, 9.17) is 23.2 Å². The maximum atomic E-state index is 13.3. The third-order valence-electron chi connectivity index (χ3n) is 5.93. The first kappa shape index (κ1) is 24.5. The Hall–Kier alpha value is -2.67. The van der Waals surface area contributed by atoms with Gasteiger partial charge in [0.2, 0.25) is 5.91 Å². The number of aromatic nitrogens is 1. The average Bonchev–Trinajstić information content (AvgIpc) is 3.10. The molecule has 8 heteroatoms. The Morgan fingerprint density at radius 3 is 2.41 bits per heavy atom. The second kappa shape index (κ2) is 10.7. The van der Waals surface area contributed by atoms with Crippen molar-refractivity contribution in [3.63, 3.8) is 0 Å². The summed E-state index contributed by atoms with van der Waals surface area (Å²) in [6.45, 7) is 3.43.